The quantitative estimate of drug-likeness (QED) is 0.696. The zero-order valence-corrected chi connectivity index (χ0v) is 7.99. The van der Waals surface area contributed by atoms with Crippen molar-refractivity contribution in [1.82, 2.24) is 0 Å². The Morgan fingerprint density at radius 1 is 1.43 bits per heavy atom. The number of carbonyl (C=O) groups excluding carboxylic acids is 1. The molecule has 1 aromatic rings. The van der Waals surface area contributed by atoms with Crippen molar-refractivity contribution in [3.63, 3.8) is 0 Å². The fourth-order valence-corrected chi connectivity index (χ4v) is 2.01. The van der Waals surface area contributed by atoms with Gasteiger partial charge in [-0.2, -0.15) is 0 Å². The number of aryl methyl sites for hydroxylation is 1. The van der Waals surface area contributed by atoms with Crippen LogP contribution in [0.4, 0.5) is 0 Å². The number of hydrogen-bond acceptors (Lipinski definition) is 2. The molecule has 0 saturated carbocycles. The molecule has 0 bridgehead atoms. The maximum Gasteiger partial charge on any atom is 0.248 e. The highest BCUT2D eigenvalue weighted by Crippen LogP contribution is 2.28. The number of benzene rings is 1. The largest absolute Gasteiger partial charge is 0.366 e. The lowest BCUT2D eigenvalue weighted by molar-refractivity contribution is 0.1000. The Labute approximate surface area is 83.1 Å². The Morgan fingerprint density at radius 2 is 2.21 bits per heavy atom. The van der Waals surface area contributed by atoms with Gasteiger partial charge in [-0.1, -0.05) is 6.07 Å². The van der Waals surface area contributed by atoms with Crippen LogP contribution in [-0.4, -0.2) is 5.91 Å². The SMILES string of the molecule is NC(=O)c1ccc2c(c1)CCCC2N. The van der Waals surface area contributed by atoms with Crippen molar-refractivity contribution in [2.45, 2.75) is 25.3 Å². The zero-order chi connectivity index (χ0) is 10.1. The van der Waals surface area contributed by atoms with Crippen LogP contribution in [0.2, 0.25) is 0 Å². The third-order valence-electron chi connectivity index (χ3n) is 2.79. The second-order valence-corrected chi connectivity index (χ2v) is 3.78. The number of rotatable bonds is 1. The van der Waals surface area contributed by atoms with Crippen molar-refractivity contribution in [3.8, 4) is 0 Å². The van der Waals surface area contributed by atoms with Crippen LogP contribution in [-0.2, 0) is 6.42 Å². The highest BCUT2D eigenvalue weighted by molar-refractivity contribution is 5.93. The molecule has 3 heteroatoms. The fourth-order valence-electron chi connectivity index (χ4n) is 2.01. The fraction of sp³-hybridized carbons (Fsp3) is 0.364. The molecule has 3 nitrogen and oxygen atoms in total. The van der Waals surface area contributed by atoms with Crippen LogP contribution in [0.5, 0.6) is 0 Å². The molecule has 1 unspecified atom stereocenters. The minimum atomic E-state index is -0.369. The predicted octanol–water partition coefficient (Wildman–Crippen LogP) is 1.12. The van der Waals surface area contributed by atoms with E-state index in [1.807, 2.05) is 12.1 Å². The molecule has 0 heterocycles. The van der Waals surface area contributed by atoms with Gasteiger partial charge in [0.05, 0.1) is 0 Å². The lowest BCUT2D eigenvalue weighted by Crippen LogP contribution is -2.19. The van der Waals surface area contributed by atoms with Gasteiger partial charge in [-0.3, -0.25) is 4.79 Å². The van der Waals surface area contributed by atoms with E-state index in [1.165, 1.54) is 11.1 Å². The first kappa shape index (κ1) is 9.21. The average molecular weight is 190 g/mol. The maximum atomic E-state index is 11.0. The molecule has 1 atom stereocenters. The number of carbonyl (C=O) groups is 1. The topological polar surface area (TPSA) is 69.1 Å². The summed E-state index contributed by atoms with van der Waals surface area (Å²) in [5, 5.41) is 0. The average Bonchev–Trinajstić information content (AvgIpc) is 2.17. The standard InChI is InChI=1S/C11H14N2O/c12-10-3-1-2-7-6-8(11(13)14)4-5-9(7)10/h4-6,10H,1-3,12H2,(H2,13,14). The van der Waals surface area contributed by atoms with E-state index in [9.17, 15) is 4.79 Å². The molecule has 0 saturated heterocycles. The molecule has 2 rings (SSSR count). The second-order valence-electron chi connectivity index (χ2n) is 3.78. The molecular formula is C11H14N2O. The summed E-state index contributed by atoms with van der Waals surface area (Å²) in [6.45, 7) is 0. The normalized spacial score (nSPS) is 20.2. The second kappa shape index (κ2) is 3.42. The molecule has 1 aliphatic rings. The van der Waals surface area contributed by atoms with Gasteiger partial charge in [0.15, 0.2) is 0 Å². The van der Waals surface area contributed by atoms with Crippen molar-refractivity contribution in [1.29, 1.82) is 0 Å². The van der Waals surface area contributed by atoms with Crippen LogP contribution in [0.3, 0.4) is 0 Å². The summed E-state index contributed by atoms with van der Waals surface area (Å²) in [5.41, 5.74) is 14.1. The van der Waals surface area contributed by atoms with Gasteiger partial charge in [0.25, 0.3) is 0 Å². The Hall–Kier alpha value is -1.35. The lowest BCUT2D eigenvalue weighted by Gasteiger charge is -2.22. The highest BCUT2D eigenvalue weighted by Gasteiger charge is 2.17. The molecule has 74 valence electrons. The first-order valence-electron chi connectivity index (χ1n) is 4.86. The first-order chi connectivity index (χ1) is 6.68. The summed E-state index contributed by atoms with van der Waals surface area (Å²) in [6, 6.07) is 5.68. The van der Waals surface area contributed by atoms with Crippen molar-refractivity contribution in [2.75, 3.05) is 0 Å². The highest BCUT2D eigenvalue weighted by atomic mass is 16.1. The van der Waals surface area contributed by atoms with E-state index in [0.717, 1.165) is 19.3 Å². The predicted molar refractivity (Wildman–Crippen MR) is 54.8 cm³/mol. The Bertz CT molecular complexity index is 374. The van der Waals surface area contributed by atoms with Crippen LogP contribution in [0.1, 0.15) is 40.4 Å². The lowest BCUT2D eigenvalue weighted by atomic mass is 9.87. The monoisotopic (exact) mass is 190 g/mol. The molecule has 4 N–H and O–H groups in total. The number of nitrogens with two attached hydrogens (primary N) is 2. The smallest absolute Gasteiger partial charge is 0.248 e. The number of amides is 1. The van der Waals surface area contributed by atoms with E-state index >= 15 is 0 Å². The van der Waals surface area contributed by atoms with Crippen molar-refractivity contribution < 1.29 is 4.79 Å². The molecule has 14 heavy (non-hydrogen) atoms. The third kappa shape index (κ3) is 1.51. The summed E-state index contributed by atoms with van der Waals surface area (Å²) in [7, 11) is 0. The molecule has 0 aliphatic heterocycles. The summed E-state index contributed by atoms with van der Waals surface area (Å²) >= 11 is 0. The van der Waals surface area contributed by atoms with Crippen molar-refractivity contribution in [2.24, 2.45) is 11.5 Å². The number of fused-ring (bicyclic) bond motifs is 1. The Kier molecular flexibility index (Phi) is 2.25. The molecular weight excluding hydrogens is 176 g/mol. The van der Waals surface area contributed by atoms with Gasteiger partial charge in [-0.05, 0) is 42.5 Å². The summed E-state index contributed by atoms with van der Waals surface area (Å²) in [6.07, 6.45) is 3.13. The van der Waals surface area contributed by atoms with Gasteiger partial charge in [0.2, 0.25) is 5.91 Å². The summed E-state index contributed by atoms with van der Waals surface area (Å²) < 4.78 is 0. The zero-order valence-electron chi connectivity index (χ0n) is 7.99. The van der Waals surface area contributed by atoms with Gasteiger partial charge < -0.3 is 11.5 Å². The minimum absolute atomic E-state index is 0.126. The Morgan fingerprint density at radius 3 is 2.93 bits per heavy atom. The van der Waals surface area contributed by atoms with Crippen LogP contribution >= 0.6 is 0 Å². The molecule has 1 aromatic carbocycles. The van der Waals surface area contributed by atoms with Crippen LogP contribution < -0.4 is 11.5 Å². The number of primary amides is 1. The van der Waals surface area contributed by atoms with E-state index < -0.39 is 0 Å². The van der Waals surface area contributed by atoms with E-state index in [2.05, 4.69) is 0 Å². The summed E-state index contributed by atoms with van der Waals surface area (Å²) in [5.74, 6) is -0.369. The van der Waals surface area contributed by atoms with Crippen LogP contribution in [0.15, 0.2) is 18.2 Å². The van der Waals surface area contributed by atoms with Gasteiger partial charge in [-0.25, -0.2) is 0 Å². The molecule has 0 fully saturated rings. The Balaban J connectivity index is 2.44. The van der Waals surface area contributed by atoms with E-state index in [-0.39, 0.29) is 11.9 Å². The number of hydrogen-bond donors (Lipinski definition) is 2. The van der Waals surface area contributed by atoms with Crippen molar-refractivity contribution >= 4 is 5.91 Å². The minimum Gasteiger partial charge on any atom is -0.366 e. The van der Waals surface area contributed by atoms with Gasteiger partial charge in [-0.15, -0.1) is 0 Å². The third-order valence-corrected chi connectivity index (χ3v) is 2.79. The van der Waals surface area contributed by atoms with Gasteiger partial charge in [0, 0.05) is 11.6 Å². The van der Waals surface area contributed by atoms with E-state index in [0.29, 0.717) is 5.56 Å². The van der Waals surface area contributed by atoms with Crippen LogP contribution in [0.25, 0.3) is 0 Å². The van der Waals surface area contributed by atoms with Crippen molar-refractivity contribution in [3.05, 3.63) is 34.9 Å². The molecule has 0 spiro atoms. The van der Waals surface area contributed by atoms with E-state index in [4.69, 9.17) is 11.5 Å². The molecule has 1 amide bonds. The molecule has 0 radical (unpaired) electrons. The maximum absolute atomic E-state index is 11.0. The first-order valence-corrected chi connectivity index (χ1v) is 4.86. The molecule has 1 aliphatic carbocycles. The van der Waals surface area contributed by atoms with Gasteiger partial charge in [0.1, 0.15) is 0 Å². The summed E-state index contributed by atoms with van der Waals surface area (Å²) in [4.78, 5) is 11.0. The van der Waals surface area contributed by atoms with E-state index in [1.54, 1.807) is 6.07 Å². The molecule has 0 aromatic heterocycles. The van der Waals surface area contributed by atoms with Gasteiger partial charge >= 0.3 is 0 Å². The van der Waals surface area contributed by atoms with Crippen LogP contribution in [0, 0.1) is 0 Å².